The molecule has 0 unspecified atom stereocenters. The first-order chi connectivity index (χ1) is 15.7. The summed E-state index contributed by atoms with van der Waals surface area (Å²) in [5.41, 5.74) is 5.20. The van der Waals surface area contributed by atoms with E-state index in [1.807, 2.05) is 30.5 Å². The Morgan fingerprint density at radius 1 is 0.818 bits per heavy atom. The van der Waals surface area contributed by atoms with Gasteiger partial charge in [-0.25, -0.2) is 0 Å². The molecule has 0 saturated heterocycles. The third-order valence-corrected chi connectivity index (χ3v) is 6.26. The number of benzene rings is 1. The maximum Gasteiger partial charge on any atom is 0.210 e. The molecular formula is C29H41ClN2O. The highest BCUT2D eigenvalue weighted by atomic mass is 35.5. The first-order valence-electron chi connectivity index (χ1n) is 12.6. The smallest absolute Gasteiger partial charge is 0.210 e. The number of pyridine rings is 1. The van der Waals surface area contributed by atoms with Gasteiger partial charge in [0.15, 0.2) is 0 Å². The van der Waals surface area contributed by atoms with Crippen molar-refractivity contribution in [1.82, 2.24) is 9.30 Å². The fourth-order valence-electron chi connectivity index (χ4n) is 4.58. The lowest BCUT2D eigenvalue weighted by atomic mass is 9.99. The highest BCUT2D eigenvalue weighted by molar-refractivity contribution is 6.09. The molecular weight excluding hydrogens is 428 g/mol. The Bertz CT molecular complexity index is 971. The zero-order valence-electron chi connectivity index (χ0n) is 20.7. The number of rotatable bonds is 14. The van der Waals surface area contributed by atoms with Crippen LogP contribution in [0.5, 0.6) is 0 Å². The van der Waals surface area contributed by atoms with Crippen molar-refractivity contribution in [2.45, 2.75) is 72.1 Å². The van der Waals surface area contributed by atoms with Crippen LogP contribution in [0, 0.1) is 0 Å². The first-order valence-corrected chi connectivity index (χ1v) is 12.6. The largest absolute Gasteiger partial charge is 0.313 e. The van der Waals surface area contributed by atoms with Gasteiger partial charge in [0.05, 0.1) is 5.69 Å². The van der Waals surface area contributed by atoms with Crippen LogP contribution in [0.25, 0.3) is 5.52 Å². The van der Waals surface area contributed by atoms with Crippen LogP contribution < -0.4 is 0 Å². The number of nitrogens with zero attached hydrogens (tertiary/aromatic N) is 2. The van der Waals surface area contributed by atoms with Crippen LogP contribution in [0.3, 0.4) is 0 Å². The molecule has 0 aliphatic rings. The quantitative estimate of drug-likeness (QED) is 0.182. The molecule has 33 heavy (non-hydrogen) atoms. The average Bonchev–Trinajstić information content (AvgIpc) is 3.19. The second kappa shape index (κ2) is 14.2. The van der Waals surface area contributed by atoms with Gasteiger partial charge in [-0.1, -0.05) is 57.5 Å². The fourth-order valence-corrected chi connectivity index (χ4v) is 4.58. The van der Waals surface area contributed by atoms with Crippen molar-refractivity contribution < 1.29 is 4.79 Å². The fraction of sp³-hybridized carbons (Fsp3) is 0.483. The lowest BCUT2D eigenvalue weighted by Crippen LogP contribution is -2.26. The summed E-state index contributed by atoms with van der Waals surface area (Å²) in [5, 5.41) is 0. The summed E-state index contributed by atoms with van der Waals surface area (Å²) in [4.78, 5) is 16.0. The van der Waals surface area contributed by atoms with Crippen molar-refractivity contribution in [3.8, 4) is 0 Å². The molecule has 2 heterocycles. The molecule has 0 atom stereocenters. The van der Waals surface area contributed by atoms with E-state index in [0.29, 0.717) is 0 Å². The minimum absolute atomic E-state index is 0. The lowest BCUT2D eigenvalue weighted by Gasteiger charge is -2.20. The second-order valence-electron chi connectivity index (χ2n) is 8.94. The normalized spacial score (nSPS) is 11.2. The molecule has 4 heteroatoms. The number of fused-ring (bicyclic) bond motifs is 1. The number of halogens is 1. The number of aryl methyl sites for hydroxylation is 2. The number of carbonyl (C=O) groups excluding carboxylic acids is 1. The van der Waals surface area contributed by atoms with Crippen LogP contribution in [0.2, 0.25) is 0 Å². The summed E-state index contributed by atoms with van der Waals surface area (Å²) in [6.45, 7) is 10.3. The number of hydrogen-bond donors (Lipinski definition) is 0. The number of aromatic nitrogens is 1. The number of ketones is 1. The molecule has 1 aromatic carbocycles. The van der Waals surface area contributed by atoms with Gasteiger partial charge < -0.3 is 9.30 Å². The van der Waals surface area contributed by atoms with Crippen molar-refractivity contribution in [1.29, 1.82) is 0 Å². The number of carbonyl (C=O) groups is 1. The molecule has 0 radical (unpaired) electrons. The van der Waals surface area contributed by atoms with E-state index in [9.17, 15) is 4.79 Å². The summed E-state index contributed by atoms with van der Waals surface area (Å²) < 4.78 is 2.06. The van der Waals surface area contributed by atoms with Gasteiger partial charge in [0.25, 0.3) is 0 Å². The van der Waals surface area contributed by atoms with E-state index in [2.05, 4.69) is 54.3 Å². The Morgan fingerprint density at radius 2 is 1.55 bits per heavy atom. The zero-order valence-corrected chi connectivity index (χ0v) is 21.5. The molecule has 2 aromatic heterocycles. The monoisotopic (exact) mass is 468 g/mol. The molecule has 0 N–H and O–H groups in total. The van der Waals surface area contributed by atoms with Gasteiger partial charge in [0.1, 0.15) is 0 Å². The van der Waals surface area contributed by atoms with Crippen LogP contribution in [0.4, 0.5) is 0 Å². The van der Waals surface area contributed by atoms with Gasteiger partial charge in [-0.05, 0) is 93.9 Å². The Morgan fingerprint density at radius 3 is 2.21 bits per heavy atom. The van der Waals surface area contributed by atoms with Gasteiger partial charge in [0, 0.05) is 17.3 Å². The molecule has 3 nitrogen and oxygen atoms in total. The van der Waals surface area contributed by atoms with Gasteiger partial charge in [-0.15, -0.1) is 12.4 Å². The van der Waals surface area contributed by atoms with E-state index in [0.717, 1.165) is 48.0 Å². The van der Waals surface area contributed by atoms with Gasteiger partial charge in [-0.3, -0.25) is 4.79 Å². The molecule has 3 rings (SSSR count). The first kappa shape index (κ1) is 27.1. The van der Waals surface area contributed by atoms with E-state index in [-0.39, 0.29) is 18.2 Å². The predicted molar refractivity (Wildman–Crippen MR) is 143 cm³/mol. The summed E-state index contributed by atoms with van der Waals surface area (Å²) in [7, 11) is 0. The molecule has 0 saturated carbocycles. The Labute approximate surface area is 206 Å². The van der Waals surface area contributed by atoms with Crippen molar-refractivity contribution in [2.24, 2.45) is 0 Å². The third-order valence-electron chi connectivity index (χ3n) is 6.26. The van der Waals surface area contributed by atoms with E-state index in [4.69, 9.17) is 0 Å². The Balaban J connectivity index is 0.00000385. The summed E-state index contributed by atoms with van der Waals surface area (Å²) in [6, 6.07) is 16.6. The lowest BCUT2D eigenvalue weighted by molar-refractivity contribution is 0.103. The minimum atomic E-state index is 0. The SMILES string of the molecule is CCCCc1cc2ccccn2c1C(=O)c1ccc(CCCCN(CCC)CCC)cc1.Cl. The maximum atomic E-state index is 13.4. The number of unbranched alkanes of at least 4 members (excludes halogenated alkanes) is 2. The van der Waals surface area contributed by atoms with Gasteiger partial charge >= 0.3 is 0 Å². The molecule has 0 amide bonds. The molecule has 0 aliphatic carbocycles. The van der Waals surface area contributed by atoms with Crippen LogP contribution in [0.1, 0.15) is 86.5 Å². The number of hydrogen-bond acceptors (Lipinski definition) is 2. The van der Waals surface area contributed by atoms with Crippen LogP contribution in [-0.4, -0.2) is 34.7 Å². The van der Waals surface area contributed by atoms with Crippen molar-refractivity contribution in [3.05, 3.63) is 77.1 Å². The maximum absolute atomic E-state index is 13.4. The molecule has 3 aromatic rings. The van der Waals surface area contributed by atoms with E-state index < -0.39 is 0 Å². The summed E-state index contributed by atoms with van der Waals surface area (Å²) in [6.07, 6.45) is 11.2. The topological polar surface area (TPSA) is 24.7 Å². The molecule has 180 valence electrons. The van der Waals surface area contributed by atoms with E-state index in [1.54, 1.807) is 0 Å². The second-order valence-corrected chi connectivity index (χ2v) is 8.94. The molecule has 0 fully saturated rings. The summed E-state index contributed by atoms with van der Waals surface area (Å²) >= 11 is 0. The van der Waals surface area contributed by atoms with E-state index in [1.165, 1.54) is 50.9 Å². The van der Waals surface area contributed by atoms with Crippen LogP contribution in [0.15, 0.2) is 54.7 Å². The van der Waals surface area contributed by atoms with Crippen molar-refractivity contribution in [2.75, 3.05) is 19.6 Å². The van der Waals surface area contributed by atoms with Crippen molar-refractivity contribution >= 4 is 23.7 Å². The molecule has 0 spiro atoms. The van der Waals surface area contributed by atoms with Gasteiger partial charge in [0.2, 0.25) is 5.78 Å². The summed E-state index contributed by atoms with van der Waals surface area (Å²) in [5.74, 6) is 0.128. The van der Waals surface area contributed by atoms with E-state index >= 15 is 0 Å². The van der Waals surface area contributed by atoms with Crippen LogP contribution >= 0.6 is 12.4 Å². The highest BCUT2D eigenvalue weighted by Gasteiger charge is 2.18. The average molecular weight is 469 g/mol. The third kappa shape index (κ3) is 7.45. The molecule has 0 aliphatic heterocycles. The highest BCUT2D eigenvalue weighted by Crippen LogP contribution is 2.22. The van der Waals surface area contributed by atoms with Crippen molar-refractivity contribution in [3.63, 3.8) is 0 Å². The zero-order chi connectivity index (χ0) is 22.8. The predicted octanol–water partition coefficient (Wildman–Crippen LogP) is 7.38. The van der Waals surface area contributed by atoms with Gasteiger partial charge in [-0.2, -0.15) is 0 Å². The minimum Gasteiger partial charge on any atom is -0.313 e. The Kier molecular flexibility index (Phi) is 11.7. The standard InChI is InChI=1S/C29H40N2O.ClH/c1-4-7-13-26-23-27-14-9-11-22-31(27)28(26)29(32)25-17-15-24(16-18-25)12-8-10-21-30(19-5-2)20-6-3;/h9,11,14-18,22-23H,4-8,10,12-13,19-21H2,1-3H3;1H. The molecule has 0 bridgehead atoms. The van der Waals surface area contributed by atoms with Crippen LogP contribution in [-0.2, 0) is 12.8 Å². The Hall–Kier alpha value is -2.10.